The fourth-order valence-corrected chi connectivity index (χ4v) is 2.17. The molecule has 0 radical (unpaired) electrons. The molecule has 1 aromatic carbocycles. The smallest absolute Gasteiger partial charge is 0.418 e. The number of ether oxygens (including phenoxy) is 1. The number of fused-ring (bicyclic) bond motifs is 1. The maximum Gasteiger partial charge on any atom is 0.418 e. The Morgan fingerprint density at radius 3 is 2.94 bits per heavy atom. The van der Waals surface area contributed by atoms with Crippen LogP contribution in [0.2, 0.25) is 0 Å². The van der Waals surface area contributed by atoms with Crippen LogP contribution in [0.1, 0.15) is 12.5 Å². The van der Waals surface area contributed by atoms with E-state index in [0.29, 0.717) is 11.9 Å². The lowest BCUT2D eigenvalue weighted by Crippen LogP contribution is -2.12. The second-order valence-corrected chi connectivity index (χ2v) is 3.93. The molecule has 16 heavy (non-hydrogen) atoms. The number of rotatable bonds is 2. The monoisotopic (exact) mass is 281 g/mol. The molecule has 0 fully saturated rings. The maximum atomic E-state index is 11.7. The van der Waals surface area contributed by atoms with Crippen LogP contribution in [0.15, 0.2) is 30.5 Å². The Bertz CT molecular complexity index is 519. The molecular weight excluding hydrogens is 270 g/mol. The lowest BCUT2D eigenvalue weighted by molar-refractivity contribution is 0.155. The summed E-state index contributed by atoms with van der Waals surface area (Å²) in [5.74, 6) is 0. The summed E-state index contributed by atoms with van der Waals surface area (Å²) in [6.45, 7) is 2.18. The fourth-order valence-electron chi connectivity index (χ4n) is 1.72. The minimum absolute atomic E-state index is 0.328. The first-order valence-electron chi connectivity index (χ1n) is 5.10. The Balaban J connectivity index is 2.58. The second kappa shape index (κ2) is 4.70. The maximum absolute atomic E-state index is 11.7. The van der Waals surface area contributed by atoms with Gasteiger partial charge in [-0.05, 0) is 18.6 Å². The summed E-state index contributed by atoms with van der Waals surface area (Å²) in [4.78, 5) is 11.7. The largest absolute Gasteiger partial charge is 0.449 e. The van der Waals surface area contributed by atoms with Crippen molar-refractivity contribution in [2.45, 2.75) is 12.3 Å². The van der Waals surface area contributed by atoms with E-state index < -0.39 is 0 Å². The van der Waals surface area contributed by atoms with Crippen molar-refractivity contribution in [3.8, 4) is 0 Å². The van der Waals surface area contributed by atoms with Gasteiger partial charge in [0, 0.05) is 16.9 Å². The zero-order valence-electron chi connectivity index (χ0n) is 8.94. The molecule has 1 heterocycles. The van der Waals surface area contributed by atoms with Gasteiger partial charge in [-0.3, -0.25) is 4.57 Å². The van der Waals surface area contributed by atoms with Crippen LogP contribution < -0.4 is 0 Å². The summed E-state index contributed by atoms with van der Waals surface area (Å²) in [7, 11) is 0. The Morgan fingerprint density at radius 2 is 2.25 bits per heavy atom. The van der Waals surface area contributed by atoms with Gasteiger partial charge in [0.15, 0.2) is 0 Å². The molecule has 0 atom stereocenters. The number of aromatic nitrogens is 1. The Morgan fingerprint density at radius 1 is 1.44 bits per heavy atom. The molecule has 0 saturated heterocycles. The van der Waals surface area contributed by atoms with Gasteiger partial charge in [-0.15, -0.1) is 0 Å². The normalized spacial score (nSPS) is 10.6. The van der Waals surface area contributed by atoms with E-state index in [4.69, 9.17) is 4.74 Å². The highest BCUT2D eigenvalue weighted by molar-refractivity contribution is 9.08. The van der Waals surface area contributed by atoms with Gasteiger partial charge in [0.1, 0.15) is 0 Å². The van der Waals surface area contributed by atoms with Crippen LogP contribution >= 0.6 is 15.9 Å². The lowest BCUT2D eigenvalue weighted by Gasteiger charge is -2.06. The number of alkyl halides is 1. The minimum Gasteiger partial charge on any atom is -0.449 e. The van der Waals surface area contributed by atoms with Crippen molar-refractivity contribution in [2.75, 3.05) is 6.61 Å². The molecule has 4 heteroatoms. The van der Waals surface area contributed by atoms with E-state index in [1.807, 2.05) is 24.3 Å². The fraction of sp³-hybridized carbons (Fsp3) is 0.250. The Kier molecular flexibility index (Phi) is 3.29. The molecule has 0 spiro atoms. The van der Waals surface area contributed by atoms with E-state index in [1.54, 1.807) is 17.7 Å². The highest BCUT2D eigenvalue weighted by Gasteiger charge is 2.11. The summed E-state index contributed by atoms with van der Waals surface area (Å²) in [5.41, 5.74) is 1.99. The van der Waals surface area contributed by atoms with E-state index in [-0.39, 0.29) is 6.09 Å². The summed E-state index contributed by atoms with van der Waals surface area (Å²) >= 11 is 3.42. The standard InChI is InChI=1S/C12H12BrNO2/c1-2-16-12(15)14-7-6-9-4-3-5-10(8-13)11(9)14/h3-7H,2,8H2,1H3. The van der Waals surface area contributed by atoms with Gasteiger partial charge in [0.05, 0.1) is 12.1 Å². The third kappa shape index (κ3) is 1.85. The van der Waals surface area contributed by atoms with Crippen molar-refractivity contribution in [2.24, 2.45) is 0 Å². The summed E-state index contributed by atoms with van der Waals surface area (Å²) in [6, 6.07) is 7.87. The van der Waals surface area contributed by atoms with Gasteiger partial charge in [-0.1, -0.05) is 34.1 Å². The number of benzene rings is 1. The molecule has 0 amide bonds. The first kappa shape index (κ1) is 11.2. The third-order valence-electron chi connectivity index (χ3n) is 2.40. The average Bonchev–Trinajstić information content (AvgIpc) is 2.72. The van der Waals surface area contributed by atoms with Crippen molar-refractivity contribution in [3.05, 3.63) is 36.0 Å². The Hall–Kier alpha value is -1.29. The molecule has 0 aliphatic heterocycles. The first-order valence-corrected chi connectivity index (χ1v) is 6.22. The van der Waals surface area contributed by atoms with Gasteiger partial charge < -0.3 is 4.74 Å². The van der Waals surface area contributed by atoms with Crippen molar-refractivity contribution < 1.29 is 9.53 Å². The molecule has 2 rings (SSSR count). The molecule has 2 aromatic rings. The number of hydrogen-bond donors (Lipinski definition) is 0. The van der Waals surface area contributed by atoms with Gasteiger partial charge >= 0.3 is 6.09 Å². The summed E-state index contributed by atoms with van der Waals surface area (Å²) in [6.07, 6.45) is 1.42. The van der Waals surface area contributed by atoms with Crippen LogP contribution in [0.25, 0.3) is 10.9 Å². The number of nitrogens with zero attached hydrogens (tertiary/aromatic N) is 1. The van der Waals surface area contributed by atoms with Crippen LogP contribution in [-0.4, -0.2) is 17.3 Å². The second-order valence-electron chi connectivity index (χ2n) is 3.37. The van der Waals surface area contributed by atoms with Gasteiger partial charge in [0.25, 0.3) is 0 Å². The highest BCUT2D eigenvalue weighted by Crippen LogP contribution is 2.22. The van der Waals surface area contributed by atoms with E-state index in [2.05, 4.69) is 15.9 Å². The van der Waals surface area contributed by atoms with Gasteiger partial charge in [-0.25, -0.2) is 4.79 Å². The predicted octanol–water partition coefficient (Wildman–Crippen LogP) is 3.54. The molecule has 0 bridgehead atoms. The van der Waals surface area contributed by atoms with Crippen LogP contribution in [0, 0.1) is 0 Å². The molecule has 84 valence electrons. The molecule has 0 aliphatic carbocycles. The third-order valence-corrected chi connectivity index (χ3v) is 3.01. The average molecular weight is 282 g/mol. The molecule has 0 unspecified atom stereocenters. The minimum atomic E-state index is -0.328. The lowest BCUT2D eigenvalue weighted by atomic mass is 10.2. The topological polar surface area (TPSA) is 31.2 Å². The number of para-hydroxylation sites is 1. The first-order chi connectivity index (χ1) is 7.77. The van der Waals surface area contributed by atoms with Gasteiger partial charge in [0.2, 0.25) is 0 Å². The Labute approximate surface area is 102 Å². The van der Waals surface area contributed by atoms with Crippen molar-refractivity contribution in [1.82, 2.24) is 4.57 Å². The molecule has 1 aromatic heterocycles. The number of hydrogen-bond acceptors (Lipinski definition) is 2. The SMILES string of the molecule is CCOC(=O)n1ccc2cccc(CBr)c21. The zero-order valence-corrected chi connectivity index (χ0v) is 10.5. The molecule has 0 saturated carbocycles. The number of carbonyl (C=O) groups is 1. The molecule has 0 aliphatic rings. The van der Waals surface area contributed by atoms with E-state index in [0.717, 1.165) is 16.5 Å². The van der Waals surface area contributed by atoms with Crippen molar-refractivity contribution in [1.29, 1.82) is 0 Å². The van der Waals surface area contributed by atoms with E-state index >= 15 is 0 Å². The van der Waals surface area contributed by atoms with Crippen LogP contribution in [0.3, 0.4) is 0 Å². The van der Waals surface area contributed by atoms with Crippen molar-refractivity contribution in [3.63, 3.8) is 0 Å². The van der Waals surface area contributed by atoms with Gasteiger partial charge in [-0.2, -0.15) is 0 Å². The molecular formula is C12H12BrNO2. The van der Waals surface area contributed by atoms with Crippen LogP contribution in [-0.2, 0) is 10.1 Å². The van der Waals surface area contributed by atoms with Crippen molar-refractivity contribution >= 4 is 32.9 Å². The summed E-state index contributed by atoms with van der Waals surface area (Å²) in [5, 5.41) is 1.76. The van der Waals surface area contributed by atoms with E-state index in [9.17, 15) is 4.79 Å². The number of halogens is 1. The molecule has 3 nitrogen and oxygen atoms in total. The van der Waals surface area contributed by atoms with Crippen LogP contribution in [0.4, 0.5) is 4.79 Å². The van der Waals surface area contributed by atoms with E-state index in [1.165, 1.54) is 0 Å². The highest BCUT2D eigenvalue weighted by atomic mass is 79.9. The summed E-state index contributed by atoms with van der Waals surface area (Å²) < 4.78 is 6.55. The van der Waals surface area contributed by atoms with Crippen LogP contribution in [0.5, 0.6) is 0 Å². The quantitative estimate of drug-likeness (QED) is 0.789. The number of carbonyl (C=O) groups excluding carboxylic acids is 1. The molecule has 0 N–H and O–H groups in total. The predicted molar refractivity (Wildman–Crippen MR) is 67.0 cm³/mol. The zero-order chi connectivity index (χ0) is 11.5.